The van der Waals surface area contributed by atoms with Crippen molar-refractivity contribution in [2.24, 2.45) is 0 Å². The van der Waals surface area contributed by atoms with Gasteiger partial charge in [0.1, 0.15) is 5.75 Å². The zero-order valence-electron chi connectivity index (χ0n) is 15.9. The number of hydrogen-bond donors (Lipinski definition) is 2. The molecule has 1 amide bonds. The molecule has 2 rings (SSSR count). The molecule has 26 heavy (non-hydrogen) atoms. The highest BCUT2D eigenvalue weighted by atomic mass is 16.5. The van der Waals surface area contributed by atoms with E-state index in [-0.39, 0.29) is 18.5 Å². The summed E-state index contributed by atoms with van der Waals surface area (Å²) in [5, 5.41) is 6.19. The van der Waals surface area contributed by atoms with Gasteiger partial charge >= 0.3 is 0 Å². The summed E-state index contributed by atoms with van der Waals surface area (Å²) in [6.07, 6.45) is 0. The maximum atomic E-state index is 12.3. The van der Waals surface area contributed by atoms with E-state index in [1.54, 1.807) is 7.11 Å². The highest BCUT2D eigenvalue weighted by molar-refractivity contribution is 5.80. The van der Waals surface area contributed by atoms with Crippen LogP contribution in [-0.2, 0) is 4.79 Å². The van der Waals surface area contributed by atoms with Gasteiger partial charge in [-0.3, -0.25) is 9.69 Å². The van der Waals surface area contributed by atoms with E-state index in [0.29, 0.717) is 6.54 Å². The largest absolute Gasteiger partial charge is 0.497 e. The fourth-order valence-corrected chi connectivity index (χ4v) is 2.98. The van der Waals surface area contributed by atoms with E-state index in [0.717, 1.165) is 30.1 Å². The first kappa shape index (κ1) is 19.8. The van der Waals surface area contributed by atoms with Gasteiger partial charge in [-0.1, -0.05) is 44.2 Å². The Labute approximate surface area is 156 Å². The van der Waals surface area contributed by atoms with Gasteiger partial charge in [0.25, 0.3) is 0 Å². The Morgan fingerprint density at radius 2 is 1.81 bits per heavy atom. The van der Waals surface area contributed by atoms with Crippen LogP contribution in [0, 0.1) is 0 Å². The molecule has 0 heterocycles. The molecule has 1 atom stereocenters. The van der Waals surface area contributed by atoms with Crippen molar-refractivity contribution in [1.29, 1.82) is 0 Å². The number of hydrogen-bond acceptors (Lipinski definition) is 4. The second-order valence-electron chi connectivity index (χ2n) is 6.04. The molecule has 1 unspecified atom stereocenters. The van der Waals surface area contributed by atoms with Crippen LogP contribution in [-0.4, -0.2) is 44.1 Å². The summed E-state index contributed by atoms with van der Waals surface area (Å²) in [6.45, 7) is 6.91. The van der Waals surface area contributed by atoms with Crippen molar-refractivity contribution in [3.63, 3.8) is 0 Å². The fraction of sp³-hybridized carbons (Fsp3) is 0.381. The van der Waals surface area contributed by atoms with Crippen LogP contribution in [0.1, 0.15) is 25.5 Å². The quantitative estimate of drug-likeness (QED) is 0.687. The lowest BCUT2D eigenvalue weighted by Crippen LogP contribution is -2.39. The lowest BCUT2D eigenvalue weighted by molar-refractivity contribution is -0.119. The Hall–Kier alpha value is -2.53. The number of amides is 1. The van der Waals surface area contributed by atoms with E-state index in [4.69, 9.17) is 4.74 Å². The number of nitrogens with zero attached hydrogens (tertiary/aromatic N) is 1. The monoisotopic (exact) mass is 355 g/mol. The van der Waals surface area contributed by atoms with E-state index in [1.807, 2.05) is 48.5 Å². The molecule has 2 aromatic rings. The van der Waals surface area contributed by atoms with Crippen molar-refractivity contribution in [3.8, 4) is 5.75 Å². The molecule has 0 aliphatic carbocycles. The first-order chi connectivity index (χ1) is 12.7. The highest BCUT2D eigenvalue weighted by Gasteiger charge is 2.19. The van der Waals surface area contributed by atoms with Crippen LogP contribution in [0.15, 0.2) is 54.6 Å². The molecule has 5 heteroatoms. The molecule has 0 aliphatic rings. The molecule has 5 nitrogen and oxygen atoms in total. The summed E-state index contributed by atoms with van der Waals surface area (Å²) in [5.41, 5.74) is 2.08. The first-order valence-electron chi connectivity index (χ1n) is 9.11. The third kappa shape index (κ3) is 5.77. The van der Waals surface area contributed by atoms with Gasteiger partial charge in [0.05, 0.1) is 19.7 Å². The maximum Gasteiger partial charge on any atom is 0.239 e. The molecule has 2 N–H and O–H groups in total. The number of benzene rings is 2. The number of carbonyl (C=O) groups is 1. The minimum atomic E-state index is -0.0195. The fourth-order valence-electron chi connectivity index (χ4n) is 2.98. The normalized spacial score (nSPS) is 11.8. The third-order valence-electron chi connectivity index (χ3n) is 4.45. The number of anilines is 1. The van der Waals surface area contributed by atoms with Crippen molar-refractivity contribution in [2.45, 2.75) is 19.9 Å². The molecule has 0 aromatic heterocycles. The molecule has 0 saturated heterocycles. The number of ether oxygens (including phenoxy) is 1. The van der Waals surface area contributed by atoms with Gasteiger partial charge in [-0.05, 0) is 42.9 Å². The highest BCUT2D eigenvalue weighted by Crippen LogP contribution is 2.23. The van der Waals surface area contributed by atoms with Crippen LogP contribution >= 0.6 is 0 Å². The zero-order valence-corrected chi connectivity index (χ0v) is 15.9. The van der Waals surface area contributed by atoms with Gasteiger partial charge in [-0.25, -0.2) is 0 Å². The van der Waals surface area contributed by atoms with Crippen molar-refractivity contribution in [2.75, 3.05) is 38.6 Å². The van der Waals surface area contributed by atoms with Crippen molar-refractivity contribution >= 4 is 11.6 Å². The molecule has 140 valence electrons. The molecule has 0 aliphatic heterocycles. The summed E-state index contributed by atoms with van der Waals surface area (Å²) in [7, 11) is 1.67. The lowest BCUT2D eigenvalue weighted by atomic mass is 10.0. The van der Waals surface area contributed by atoms with Crippen molar-refractivity contribution in [1.82, 2.24) is 10.2 Å². The van der Waals surface area contributed by atoms with Gasteiger partial charge in [-0.15, -0.1) is 0 Å². The van der Waals surface area contributed by atoms with Crippen LogP contribution in [0.3, 0.4) is 0 Å². The Kier molecular flexibility index (Phi) is 7.96. The van der Waals surface area contributed by atoms with Crippen molar-refractivity contribution in [3.05, 3.63) is 60.2 Å². The Morgan fingerprint density at radius 1 is 1.08 bits per heavy atom. The topological polar surface area (TPSA) is 53.6 Å². The summed E-state index contributed by atoms with van der Waals surface area (Å²) in [5.74, 6) is 0.811. The van der Waals surface area contributed by atoms with E-state index >= 15 is 0 Å². The number of carbonyl (C=O) groups excluding carboxylic acids is 1. The predicted molar refractivity (Wildman–Crippen MR) is 107 cm³/mol. The molecule has 0 bridgehead atoms. The summed E-state index contributed by atoms with van der Waals surface area (Å²) in [6, 6.07) is 17.9. The number of rotatable bonds is 10. The Morgan fingerprint density at radius 3 is 2.46 bits per heavy atom. The minimum absolute atomic E-state index is 0.0195. The van der Waals surface area contributed by atoms with Gasteiger partial charge in [0.15, 0.2) is 0 Å². The summed E-state index contributed by atoms with van der Waals surface area (Å²) < 4.78 is 5.35. The first-order valence-corrected chi connectivity index (χ1v) is 9.11. The number of para-hydroxylation sites is 1. The molecule has 0 spiro atoms. The van der Waals surface area contributed by atoms with Crippen LogP contribution in [0.5, 0.6) is 5.75 Å². The van der Waals surface area contributed by atoms with Crippen LogP contribution in [0.4, 0.5) is 5.69 Å². The summed E-state index contributed by atoms with van der Waals surface area (Å²) >= 11 is 0. The van der Waals surface area contributed by atoms with Crippen LogP contribution in [0.2, 0.25) is 0 Å². The molecule has 0 radical (unpaired) electrons. The van der Waals surface area contributed by atoms with Crippen LogP contribution < -0.4 is 15.4 Å². The van der Waals surface area contributed by atoms with Gasteiger partial charge in [0, 0.05) is 12.2 Å². The average Bonchev–Trinajstić information content (AvgIpc) is 2.70. The molecule has 0 fully saturated rings. The molecular formula is C21H29N3O2. The summed E-state index contributed by atoms with van der Waals surface area (Å²) in [4.78, 5) is 14.6. The molecule has 2 aromatic carbocycles. The van der Waals surface area contributed by atoms with Gasteiger partial charge in [0.2, 0.25) is 5.91 Å². The zero-order chi connectivity index (χ0) is 18.8. The standard InChI is InChI=1S/C21H29N3O2/c1-4-24(5-2)20(17-10-9-13-19(14-17)26-3)15-23-21(25)16-22-18-11-7-6-8-12-18/h6-14,20,22H,4-5,15-16H2,1-3H3,(H,23,25). The Bertz CT molecular complexity index is 672. The molecule has 0 saturated carbocycles. The maximum absolute atomic E-state index is 12.3. The second kappa shape index (κ2) is 10.5. The van der Waals surface area contributed by atoms with Crippen molar-refractivity contribution < 1.29 is 9.53 Å². The number of likely N-dealkylation sites (N-methyl/N-ethyl adjacent to an activating group) is 1. The van der Waals surface area contributed by atoms with Crippen LogP contribution in [0.25, 0.3) is 0 Å². The van der Waals surface area contributed by atoms with E-state index in [1.165, 1.54) is 0 Å². The smallest absolute Gasteiger partial charge is 0.239 e. The number of nitrogens with one attached hydrogen (secondary N) is 2. The molecular weight excluding hydrogens is 326 g/mol. The Balaban J connectivity index is 1.98. The minimum Gasteiger partial charge on any atom is -0.497 e. The van der Waals surface area contributed by atoms with E-state index < -0.39 is 0 Å². The van der Waals surface area contributed by atoms with Gasteiger partial charge < -0.3 is 15.4 Å². The SMILES string of the molecule is CCN(CC)C(CNC(=O)CNc1ccccc1)c1cccc(OC)c1. The van der Waals surface area contributed by atoms with E-state index in [9.17, 15) is 4.79 Å². The average molecular weight is 355 g/mol. The lowest BCUT2D eigenvalue weighted by Gasteiger charge is -2.30. The number of methoxy groups -OCH3 is 1. The second-order valence-corrected chi connectivity index (χ2v) is 6.04. The predicted octanol–water partition coefficient (Wildman–Crippen LogP) is 3.31. The van der Waals surface area contributed by atoms with Gasteiger partial charge in [-0.2, -0.15) is 0 Å². The van der Waals surface area contributed by atoms with E-state index in [2.05, 4.69) is 35.4 Å². The third-order valence-corrected chi connectivity index (χ3v) is 4.45.